The lowest BCUT2D eigenvalue weighted by Crippen LogP contribution is -2.44. The number of nitrogens with zero attached hydrogens (tertiary/aromatic N) is 2. The summed E-state index contributed by atoms with van der Waals surface area (Å²) >= 11 is 0. The monoisotopic (exact) mass is 302 g/mol. The maximum Gasteiger partial charge on any atom is 0.239 e. The van der Waals surface area contributed by atoms with Gasteiger partial charge in [0.2, 0.25) is 5.91 Å². The van der Waals surface area contributed by atoms with Crippen molar-refractivity contribution in [1.82, 2.24) is 15.1 Å². The third-order valence-corrected chi connectivity index (χ3v) is 3.38. The molecule has 22 heavy (non-hydrogen) atoms. The molecule has 2 aromatic rings. The fraction of sp³-hybridized carbons (Fsp3) is 0.375. The number of carbonyl (C=O) groups is 1. The third kappa shape index (κ3) is 4.41. The molecular formula is C16H22N4O2. The van der Waals surface area contributed by atoms with Crippen molar-refractivity contribution in [3.63, 3.8) is 0 Å². The topological polar surface area (TPSA) is 82.2 Å². The lowest BCUT2D eigenvalue weighted by Gasteiger charge is -2.15. The van der Waals surface area contributed by atoms with E-state index in [1.807, 2.05) is 36.0 Å². The zero-order valence-electron chi connectivity index (χ0n) is 12.9. The first kappa shape index (κ1) is 16.2. The van der Waals surface area contributed by atoms with Gasteiger partial charge in [-0.05, 0) is 12.5 Å². The van der Waals surface area contributed by atoms with Crippen LogP contribution >= 0.6 is 0 Å². The highest BCUT2D eigenvalue weighted by Gasteiger charge is 2.17. The number of benzene rings is 1. The number of methoxy groups -OCH3 is 1. The predicted octanol–water partition coefficient (Wildman–Crippen LogP) is 1.08. The van der Waals surface area contributed by atoms with E-state index >= 15 is 0 Å². The molecule has 3 N–H and O–H groups in total. The highest BCUT2D eigenvalue weighted by molar-refractivity contribution is 5.82. The molecule has 1 aromatic heterocycles. The van der Waals surface area contributed by atoms with Crippen LogP contribution in [-0.4, -0.2) is 35.4 Å². The van der Waals surface area contributed by atoms with Crippen LogP contribution in [0.5, 0.6) is 0 Å². The molecule has 0 aliphatic rings. The van der Waals surface area contributed by atoms with Crippen LogP contribution in [0.1, 0.15) is 24.1 Å². The van der Waals surface area contributed by atoms with Crippen LogP contribution in [0.2, 0.25) is 0 Å². The van der Waals surface area contributed by atoms with E-state index < -0.39 is 6.04 Å². The lowest BCUT2D eigenvalue weighted by molar-refractivity contribution is -0.124. The van der Waals surface area contributed by atoms with Gasteiger partial charge in [0.05, 0.1) is 25.4 Å². The summed E-state index contributed by atoms with van der Waals surface area (Å²) in [5, 5.41) is 7.19. The zero-order chi connectivity index (χ0) is 15.9. The number of hydrogen-bond acceptors (Lipinski definition) is 4. The summed E-state index contributed by atoms with van der Waals surface area (Å²) in [4.78, 5) is 11.9. The van der Waals surface area contributed by atoms with E-state index in [0.29, 0.717) is 6.54 Å². The number of rotatable bonds is 7. The van der Waals surface area contributed by atoms with Gasteiger partial charge in [0, 0.05) is 18.9 Å². The third-order valence-electron chi connectivity index (χ3n) is 3.38. The second kappa shape index (κ2) is 7.72. The van der Waals surface area contributed by atoms with E-state index in [1.165, 1.54) is 12.7 Å². The molecule has 6 nitrogen and oxygen atoms in total. The van der Waals surface area contributed by atoms with Crippen molar-refractivity contribution in [3.05, 3.63) is 53.9 Å². The van der Waals surface area contributed by atoms with Gasteiger partial charge in [-0.25, -0.2) is 0 Å². The molecule has 0 radical (unpaired) electrons. The highest BCUT2D eigenvalue weighted by atomic mass is 16.5. The van der Waals surface area contributed by atoms with Gasteiger partial charge in [0.15, 0.2) is 0 Å². The van der Waals surface area contributed by atoms with Gasteiger partial charge in [-0.3, -0.25) is 9.48 Å². The molecule has 0 aliphatic carbocycles. The fourth-order valence-corrected chi connectivity index (χ4v) is 2.12. The molecule has 2 rings (SSSR count). The minimum atomic E-state index is -0.660. The lowest BCUT2D eigenvalue weighted by atomic mass is 10.1. The molecule has 1 aromatic carbocycles. The Balaban J connectivity index is 1.94. The van der Waals surface area contributed by atoms with Crippen molar-refractivity contribution >= 4 is 5.91 Å². The molecule has 2 unspecified atom stereocenters. The SMILES string of the molecule is COCC(N)C(=O)NC(C)c1cnn(Cc2ccccc2)c1. The van der Waals surface area contributed by atoms with Gasteiger partial charge in [0.25, 0.3) is 0 Å². The van der Waals surface area contributed by atoms with Crippen molar-refractivity contribution in [3.8, 4) is 0 Å². The Morgan fingerprint density at radius 3 is 2.82 bits per heavy atom. The van der Waals surface area contributed by atoms with Gasteiger partial charge in [0.1, 0.15) is 6.04 Å². The minimum Gasteiger partial charge on any atom is -0.383 e. The zero-order valence-corrected chi connectivity index (χ0v) is 12.9. The van der Waals surface area contributed by atoms with Gasteiger partial charge >= 0.3 is 0 Å². The summed E-state index contributed by atoms with van der Waals surface area (Å²) in [6.07, 6.45) is 3.69. The predicted molar refractivity (Wildman–Crippen MR) is 84.2 cm³/mol. The molecule has 6 heteroatoms. The number of amides is 1. The molecule has 0 spiro atoms. The van der Waals surface area contributed by atoms with Gasteiger partial charge in [-0.2, -0.15) is 5.10 Å². The maximum atomic E-state index is 11.9. The Hall–Kier alpha value is -2.18. The van der Waals surface area contributed by atoms with Gasteiger partial charge < -0.3 is 15.8 Å². The fourth-order valence-electron chi connectivity index (χ4n) is 2.12. The molecular weight excluding hydrogens is 280 g/mol. The molecule has 0 saturated carbocycles. The Morgan fingerprint density at radius 1 is 1.41 bits per heavy atom. The van der Waals surface area contributed by atoms with Crippen LogP contribution in [0.3, 0.4) is 0 Å². The summed E-state index contributed by atoms with van der Waals surface area (Å²) in [6.45, 7) is 2.80. The summed E-state index contributed by atoms with van der Waals surface area (Å²) in [5.74, 6) is -0.231. The number of hydrogen-bond donors (Lipinski definition) is 2. The van der Waals surface area contributed by atoms with E-state index in [0.717, 1.165) is 5.56 Å². The normalized spacial score (nSPS) is 13.6. The van der Waals surface area contributed by atoms with E-state index in [2.05, 4.69) is 22.5 Å². The van der Waals surface area contributed by atoms with E-state index in [1.54, 1.807) is 6.20 Å². The van der Waals surface area contributed by atoms with Crippen molar-refractivity contribution < 1.29 is 9.53 Å². The Labute approximate surface area is 130 Å². The molecule has 1 amide bonds. The summed E-state index contributed by atoms with van der Waals surface area (Å²) in [5.41, 5.74) is 7.82. The quantitative estimate of drug-likeness (QED) is 0.802. The average molecular weight is 302 g/mol. The number of nitrogens with one attached hydrogen (secondary N) is 1. The summed E-state index contributed by atoms with van der Waals surface area (Å²) < 4.78 is 6.73. The number of ether oxygens (including phenoxy) is 1. The first-order valence-electron chi connectivity index (χ1n) is 7.21. The van der Waals surface area contributed by atoms with Crippen molar-refractivity contribution in [2.75, 3.05) is 13.7 Å². The smallest absolute Gasteiger partial charge is 0.239 e. The first-order valence-corrected chi connectivity index (χ1v) is 7.21. The molecule has 0 fully saturated rings. The Morgan fingerprint density at radius 2 is 2.14 bits per heavy atom. The van der Waals surface area contributed by atoms with Crippen molar-refractivity contribution in [2.24, 2.45) is 5.73 Å². The maximum absolute atomic E-state index is 11.9. The molecule has 118 valence electrons. The Bertz CT molecular complexity index is 597. The van der Waals surface area contributed by atoms with Crippen LogP contribution in [-0.2, 0) is 16.1 Å². The standard InChI is InChI=1S/C16H22N4O2/c1-12(19-16(21)15(17)11-22-2)14-8-18-20(10-14)9-13-6-4-3-5-7-13/h3-8,10,12,15H,9,11,17H2,1-2H3,(H,19,21). The van der Waals surface area contributed by atoms with E-state index in [-0.39, 0.29) is 18.6 Å². The summed E-state index contributed by atoms with van der Waals surface area (Å²) in [6, 6.07) is 9.28. The van der Waals surface area contributed by atoms with Crippen LogP contribution in [0.4, 0.5) is 0 Å². The highest BCUT2D eigenvalue weighted by Crippen LogP contribution is 2.12. The van der Waals surface area contributed by atoms with Crippen LogP contribution < -0.4 is 11.1 Å². The average Bonchev–Trinajstić information content (AvgIpc) is 2.97. The number of aromatic nitrogens is 2. The Kier molecular flexibility index (Phi) is 5.68. The minimum absolute atomic E-state index is 0.153. The largest absolute Gasteiger partial charge is 0.383 e. The molecule has 2 atom stereocenters. The van der Waals surface area contributed by atoms with Crippen LogP contribution in [0.25, 0.3) is 0 Å². The number of nitrogens with two attached hydrogens (primary N) is 1. The number of carbonyl (C=O) groups excluding carboxylic acids is 1. The van der Waals surface area contributed by atoms with Gasteiger partial charge in [-0.15, -0.1) is 0 Å². The van der Waals surface area contributed by atoms with Crippen molar-refractivity contribution in [2.45, 2.75) is 25.6 Å². The molecule has 0 bridgehead atoms. The van der Waals surface area contributed by atoms with Crippen LogP contribution in [0, 0.1) is 0 Å². The van der Waals surface area contributed by atoms with E-state index in [9.17, 15) is 4.79 Å². The second-order valence-corrected chi connectivity index (χ2v) is 5.25. The first-order chi connectivity index (χ1) is 10.6. The van der Waals surface area contributed by atoms with Crippen molar-refractivity contribution in [1.29, 1.82) is 0 Å². The second-order valence-electron chi connectivity index (χ2n) is 5.25. The van der Waals surface area contributed by atoms with Crippen LogP contribution in [0.15, 0.2) is 42.7 Å². The van der Waals surface area contributed by atoms with Gasteiger partial charge in [-0.1, -0.05) is 30.3 Å². The molecule has 1 heterocycles. The molecule has 0 aliphatic heterocycles. The molecule has 0 saturated heterocycles. The summed E-state index contributed by atoms with van der Waals surface area (Å²) in [7, 11) is 1.52. The van der Waals surface area contributed by atoms with E-state index in [4.69, 9.17) is 10.5 Å².